The highest BCUT2D eigenvalue weighted by Gasteiger charge is 2.57. The van der Waals surface area contributed by atoms with Crippen molar-refractivity contribution < 1.29 is 23.4 Å². The molecular formula is C20H34ClNO5Si. The highest BCUT2D eigenvalue weighted by molar-refractivity contribution is 6.74. The van der Waals surface area contributed by atoms with Gasteiger partial charge in [-0.3, -0.25) is 0 Å². The van der Waals surface area contributed by atoms with Gasteiger partial charge < -0.3 is 28.7 Å². The van der Waals surface area contributed by atoms with Gasteiger partial charge in [-0.2, -0.15) is 0 Å². The van der Waals surface area contributed by atoms with Crippen LogP contribution in [0.4, 0.5) is 0 Å². The maximum atomic E-state index is 6.55. The van der Waals surface area contributed by atoms with E-state index in [9.17, 15) is 0 Å². The molecule has 0 aromatic rings. The molecular weight excluding hydrogens is 398 g/mol. The summed E-state index contributed by atoms with van der Waals surface area (Å²) in [7, 11) is -0.291. The molecule has 0 aromatic heterocycles. The molecule has 5 atom stereocenters. The average Bonchev–Trinajstić information content (AvgIpc) is 3.05. The number of alkyl halides is 1. The number of methoxy groups -OCH3 is 1. The van der Waals surface area contributed by atoms with Crippen LogP contribution >= 0.6 is 11.6 Å². The number of fused-ring (bicyclic) bond motifs is 1. The number of allylic oxidation sites excluding steroid dienone is 2. The van der Waals surface area contributed by atoms with E-state index in [4.69, 9.17) is 35.0 Å². The van der Waals surface area contributed by atoms with Gasteiger partial charge in [-0.05, 0) is 43.6 Å². The maximum Gasteiger partial charge on any atom is 0.192 e. The van der Waals surface area contributed by atoms with Crippen molar-refractivity contribution in [2.24, 2.45) is 0 Å². The van der Waals surface area contributed by atoms with E-state index in [2.05, 4.69) is 39.2 Å². The number of ether oxygens (including phenoxy) is 4. The third kappa shape index (κ3) is 4.30. The van der Waals surface area contributed by atoms with E-state index in [1.807, 2.05) is 26.0 Å². The zero-order chi connectivity index (χ0) is 20.9. The quantitative estimate of drug-likeness (QED) is 0.405. The lowest BCUT2D eigenvalue weighted by atomic mass is 10.00. The van der Waals surface area contributed by atoms with Crippen molar-refractivity contribution in [1.82, 2.24) is 5.32 Å². The van der Waals surface area contributed by atoms with E-state index >= 15 is 0 Å². The van der Waals surface area contributed by atoms with Gasteiger partial charge in [0.1, 0.15) is 29.9 Å². The lowest BCUT2D eigenvalue weighted by molar-refractivity contribution is -0.186. The molecule has 0 bridgehead atoms. The van der Waals surface area contributed by atoms with Crippen LogP contribution in [0.2, 0.25) is 18.1 Å². The summed E-state index contributed by atoms with van der Waals surface area (Å²) in [6.45, 7) is 15.5. The van der Waals surface area contributed by atoms with Gasteiger partial charge >= 0.3 is 0 Å². The van der Waals surface area contributed by atoms with Gasteiger partial charge in [0, 0.05) is 0 Å². The Balaban J connectivity index is 1.79. The number of rotatable bonds is 5. The second-order valence-corrected chi connectivity index (χ2v) is 14.9. The molecule has 6 nitrogen and oxygen atoms in total. The van der Waals surface area contributed by atoms with Crippen LogP contribution in [0.5, 0.6) is 0 Å². The van der Waals surface area contributed by atoms with Gasteiger partial charge in [0.15, 0.2) is 20.0 Å². The molecule has 0 radical (unpaired) electrons. The Labute approximate surface area is 174 Å². The first-order valence-corrected chi connectivity index (χ1v) is 13.2. The molecule has 1 unspecified atom stereocenters. The van der Waals surface area contributed by atoms with Crippen LogP contribution < -0.4 is 5.32 Å². The number of dihydropyridines is 1. The van der Waals surface area contributed by atoms with Crippen LogP contribution in [0.25, 0.3) is 0 Å². The summed E-state index contributed by atoms with van der Waals surface area (Å²) in [6, 6.07) is 0. The lowest BCUT2D eigenvalue weighted by Crippen LogP contribution is -2.44. The number of halogens is 1. The highest BCUT2D eigenvalue weighted by atomic mass is 35.5. The van der Waals surface area contributed by atoms with Crippen LogP contribution in [-0.2, 0) is 23.4 Å². The summed E-state index contributed by atoms with van der Waals surface area (Å²) in [5.41, 5.74) is 0.478. The fourth-order valence-corrected chi connectivity index (χ4v) is 4.79. The Morgan fingerprint density at radius 2 is 1.82 bits per heavy atom. The number of nitrogens with one attached hydrogen (secondary N) is 1. The summed E-state index contributed by atoms with van der Waals surface area (Å²) < 4.78 is 30.4. The van der Waals surface area contributed by atoms with Crippen LogP contribution in [0, 0.1) is 0 Å². The molecule has 1 N–H and O–H groups in total. The van der Waals surface area contributed by atoms with E-state index < -0.39 is 19.6 Å². The second-order valence-electron chi connectivity index (χ2n) is 9.64. The lowest BCUT2D eigenvalue weighted by Gasteiger charge is -2.37. The summed E-state index contributed by atoms with van der Waals surface area (Å²) >= 11 is 6.55. The smallest absolute Gasteiger partial charge is 0.192 e. The SMILES string of the molecule is COC1=CC=C([C@@H]2O[C@H](CO[Si](C)(C)C(C)(C)C)[C@@H]3OC(C)(C)O[C@@H]32)C(Cl)N1. The fraction of sp³-hybridized carbons (Fsp3) is 0.800. The van der Waals surface area contributed by atoms with Crippen molar-refractivity contribution in [3.8, 4) is 0 Å². The first-order chi connectivity index (χ1) is 12.8. The first-order valence-electron chi connectivity index (χ1n) is 9.86. The van der Waals surface area contributed by atoms with Gasteiger partial charge in [-0.15, -0.1) is 0 Å². The van der Waals surface area contributed by atoms with E-state index in [1.54, 1.807) is 7.11 Å². The Kier molecular flexibility index (Phi) is 6.00. The average molecular weight is 432 g/mol. The number of hydrogen-bond acceptors (Lipinski definition) is 6. The molecule has 3 heterocycles. The molecule has 0 aliphatic carbocycles. The molecule has 3 aliphatic rings. The molecule has 0 spiro atoms. The van der Waals surface area contributed by atoms with Crippen LogP contribution in [0.3, 0.4) is 0 Å². The minimum absolute atomic E-state index is 0.134. The molecule has 0 aromatic carbocycles. The molecule has 3 rings (SSSR count). The van der Waals surface area contributed by atoms with Gasteiger partial charge in [0.05, 0.1) is 13.7 Å². The highest BCUT2D eigenvalue weighted by Crippen LogP contribution is 2.43. The molecule has 8 heteroatoms. The maximum absolute atomic E-state index is 6.55. The zero-order valence-electron chi connectivity index (χ0n) is 18.2. The second kappa shape index (κ2) is 7.60. The van der Waals surface area contributed by atoms with Crippen LogP contribution in [-0.4, -0.2) is 57.7 Å². The van der Waals surface area contributed by atoms with E-state index in [1.165, 1.54) is 0 Å². The summed E-state index contributed by atoms with van der Waals surface area (Å²) in [5, 5.41) is 3.25. The van der Waals surface area contributed by atoms with Crippen LogP contribution in [0.15, 0.2) is 23.6 Å². The summed E-state index contributed by atoms with van der Waals surface area (Å²) in [4.78, 5) is 0. The zero-order valence-corrected chi connectivity index (χ0v) is 19.9. The van der Waals surface area contributed by atoms with Gasteiger partial charge in [-0.25, -0.2) is 0 Å². The van der Waals surface area contributed by atoms with Gasteiger partial charge in [0.2, 0.25) is 0 Å². The molecule has 0 amide bonds. The predicted molar refractivity (Wildman–Crippen MR) is 112 cm³/mol. The van der Waals surface area contributed by atoms with Crippen molar-refractivity contribution in [1.29, 1.82) is 0 Å². The van der Waals surface area contributed by atoms with E-state index in [0.717, 1.165) is 5.57 Å². The monoisotopic (exact) mass is 431 g/mol. The number of hydrogen-bond donors (Lipinski definition) is 1. The third-order valence-electron chi connectivity index (χ3n) is 6.10. The van der Waals surface area contributed by atoms with Crippen molar-refractivity contribution in [2.75, 3.05) is 13.7 Å². The topological polar surface area (TPSA) is 58.2 Å². The molecule has 2 saturated heterocycles. The van der Waals surface area contributed by atoms with Gasteiger partial charge in [-0.1, -0.05) is 38.4 Å². The van der Waals surface area contributed by atoms with E-state index in [0.29, 0.717) is 12.5 Å². The fourth-order valence-electron chi connectivity index (χ4n) is 3.47. The van der Waals surface area contributed by atoms with Crippen molar-refractivity contribution in [2.45, 2.75) is 88.5 Å². The van der Waals surface area contributed by atoms with Crippen molar-refractivity contribution >= 4 is 19.9 Å². The molecule has 160 valence electrons. The van der Waals surface area contributed by atoms with Crippen molar-refractivity contribution in [3.05, 3.63) is 23.6 Å². The standard InChI is InChI=1S/C20H34ClNO5Si/c1-19(2,3)28(7,8)24-11-13-16-17(27-20(4,5)26-16)15(25-13)12-9-10-14(23-6)22-18(12)21/h9-10,13,15-18,22H,11H2,1-8H3/t13-,15+,16+,17-,18?/m1/s1. The third-order valence-corrected chi connectivity index (χ3v) is 11.0. The Morgan fingerprint density at radius 3 is 2.39 bits per heavy atom. The Hall–Kier alpha value is -0.573. The Morgan fingerprint density at radius 1 is 1.18 bits per heavy atom. The van der Waals surface area contributed by atoms with Gasteiger partial charge in [0.25, 0.3) is 0 Å². The summed E-state index contributed by atoms with van der Waals surface area (Å²) in [6.07, 6.45) is 2.87. The largest absolute Gasteiger partial charge is 0.482 e. The van der Waals surface area contributed by atoms with Crippen molar-refractivity contribution in [3.63, 3.8) is 0 Å². The molecule has 28 heavy (non-hydrogen) atoms. The molecule has 3 aliphatic heterocycles. The molecule has 0 saturated carbocycles. The first kappa shape index (κ1) is 22.1. The minimum atomic E-state index is -1.90. The summed E-state index contributed by atoms with van der Waals surface area (Å²) in [5.74, 6) is -0.0371. The normalized spacial score (nSPS) is 35.1. The Bertz CT molecular complexity index is 657. The minimum Gasteiger partial charge on any atom is -0.482 e. The van der Waals surface area contributed by atoms with E-state index in [-0.39, 0.29) is 29.5 Å². The van der Waals surface area contributed by atoms with Crippen LogP contribution in [0.1, 0.15) is 34.6 Å². The molecule has 2 fully saturated rings. The predicted octanol–water partition coefficient (Wildman–Crippen LogP) is 3.88.